The van der Waals surface area contributed by atoms with E-state index in [1.807, 2.05) is 6.92 Å². The van der Waals surface area contributed by atoms with E-state index >= 15 is 0 Å². The number of carbonyl (C=O) groups excluding carboxylic acids is 1. The van der Waals surface area contributed by atoms with Crippen LogP contribution in [0.1, 0.15) is 26.7 Å². The summed E-state index contributed by atoms with van der Waals surface area (Å²) in [5.41, 5.74) is 0.938. The summed E-state index contributed by atoms with van der Waals surface area (Å²) in [7, 11) is 0. The number of Topliss-reactive ketones (excluding diaryl/α,β-unsaturated/α-hetero) is 1. The van der Waals surface area contributed by atoms with Crippen LogP contribution in [0.25, 0.3) is 0 Å². The molecule has 0 unspecified atom stereocenters. The fourth-order valence-corrected chi connectivity index (χ4v) is 0.804. The average molecular weight is 155 g/mol. The van der Waals surface area contributed by atoms with Gasteiger partial charge >= 0.3 is 0 Å². The van der Waals surface area contributed by atoms with Gasteiger partial charge < -0.3 is 5.32 Å². The fourth-order valence-electron chi connectivity index (χ4n) is 0.804. The first kappa shape index (κ1) is 10.4. The molecule has 2 nitrogen and oxygen atoms in total. The predicted molar refractivity (Wildman–Crippen MR) is 47.6 cm³/mol. The van der Waals surface area contributed by atoms with Crippen LogP contribution in [-0.4, -0.2) is 18.9 Å². The van der Waals surface area contributed by atoms with E-state index in [9.17, 15) is 4.79 Å². The quantitative estimate of drug-likeness (QED) is 0.465. The molecule has 0 atom stereocenters. The van der Waals surface area contributed by atoms with Gasteiger partial charge in [-0.3, -0.25) is 4.79 Å². The molecule has 11 heavy (non-hydrogen) atoms. The van der Waals surface area contributed by atoms with Crippen LogP contribution in [0.2, 0.25) is 0 Å². The second-order valence-corrected chi connectivity index (χ2v) is 2.85. The van der Waals surface area contributed by atoms with E-state index in [-0.39, 0.29) is 5.78 Å². The number of ketones is 1. The van der Waals surface area contributed by atoms with Crippen LogP contribution in [0.3, 0.4) is 0 Å². The third kappa shape index (κ3) is 7.26. The Balaban J connectivity index is 3.30. The van der Waals surface area contributed by atoms with Gasteiger partial charge in [0.15, 0.2) is 5.78 Å². The average Bonchev–Trinajstić information content (AvgIpc) is 1.86. The van der Waals surface area contributed by atoms with Crippen LogP contribution < -0.4 is 5.32 Å². The number of allylic oxidation sites excluding steroid dienone is 1. The highest BCUT2D eigenvalue weighted by atomic mass is 16.1. The summed E-state index contributed by atoms with van der Waals surface area (Å²) in [6.07, 6.45) is 1.58. The molecule has 0 aromatic carbocycles. The predicted octanol–water partition coefficient (Wildman–Crippen LogP) is 1.52. The first-order valence-corrected chi connectivity index (χ1v) is 4.03. The van der Waals surface area contributed by atoms with Crippen LogP contribution in [0.15, 0.2) is 12.2 Å². The Morgan fingerprint density at radius 2 is 2.18 bits per heavy atom. The molecule has 0 saturated heterocycles. The van der Waals surface area contributed by atoms with E-state index < -0.39 is 0 Å². The monoisotopic (exact) mass is 155 g/mol. The standard InChI is InChI=1S/C9H17NO/c1-4-5-10-7-9(11)6-8(2)3/h10H,2,4-7H2,1,3H3. The van der Waals surface area contributed by atoms with Crippen molar-refractivity contribution in [2.45, 2.75) is 26.7 Å². The molecule has 0 spiro atoms. The van der Waals surface area contributed by atoms with Gasteiger partial charge in [0.25, 0.3) is 0 Å². The molecule has 1 N–H and O–H groups in total. The van der Waals surface area contributed by atoms with Crippen LogP contribution in [0.4, 0.5) is 0 Å². The van der Waals surface area contributed by atoms with Gasteiger partial charge in [-0.05, 0) is 19.9 Å². The summed E-state index contributed by atoms with van der Waals surface area (Å²) in [6.45, 7) is 9.03. The molecule has 0 radical (unpaired) electrons. The van der Waals surface area contributed by atoms with E-state index in [1.54, 1.807) is 0 Å². The zero-order valence-electron chi connectivity index (χ0n) is 7.44. The summed E-state index contributed by atoms with van der Waals surface area (Å²) < 4.78 is 0. The van der Waals surface area contributed by atoms with E-state index in [1.165, 1.54) is 0 Å². The van der Waals surface area contributed by atoms with Gasteiger partial charge in [-0.15, -0.1) is 0 Å². The second-order valence-electron chi connectivity index (χ2n) is 2.85. The maximum atomic E-state index is 11.0. The van der Waals surface area contributed by atoms with Gasteiger partial charge in [-0.25, -0.2) is 0 Å². The molecule has 0 heterocycles. The summed E-state index contributed by atoms with van der Waals surface area (Å²) in [4.78, 5) is 11.0. The third-order valence-corrected chi connectivity index (χ3v) is 1.25. The molecule has 0 saturated carbocycles. The molecular weight excluding hydrogens is 138 g/mol. The lowest BCUT2D eigenvalue weighted by molar-refractivity contribution is -0.117. The van der Waals surface area contributed by atoms with E-state index in [0.717, 1.165) is 18.5 Å². The van der Waals surface area contributed by atoms with Crippen molar-refractivity contribution >= 4 is 5.78 Å². The van der Waals surface area contributed by atoms with Gasteiger partial charge in [0.05, 0.1) is 6.54 Å². The summed E-state index contributed by atoms with van der Waals surface area (Å²) >= 11 is 0. The largest absolute Gasteiger partial charge is 0.310 e. The molecule has 0 aromatic heterocycles. The Bertz CT molecular complexity index is 140. The van der Waals surface area contributed by atoms with Crippen molar-refractivity contribution in [3.8, 4) is 0 Å². The molecule has 2 heteroatoms. The van der Waals surface area contributed by atoms with Crippen LogP contribution in [-0.2, 0) is 4.79 Å². The highest BCUT2D eigenvalue weighted by molar-refractivity contribution is 5.82. The minimum absolute atomic E-state index is 0.228. The number of hydrogen-bond acceptors (Lipinski definition) is 2. The second kappa shape index (κ2) is 6.10. The highest BCUT2D eigenvalue weighted by Crippen LogP contribution is 1.94. The maximum absolute atomic E-state index is 11.0. The molecule has 64 valence electrons. The Kier molecular flexibility index (Phi) is 5.75. The molecule has 0 aliphatic rings. The van der Waals surface area contributed by atoms with E-state index in [2.05, 4.69) is 18.8 Å². The van der Waals surface area contributed by atoms with Gasteiger partial charge in [0.2, 0.25) is 0 Å². The molecule has 0 fully saturated rings. The van der Waals surface area contributed by atoms with Gasteiger partial charge in [-0.2, -0.15) is 0 Å². The molecule has 0 rings (SSSR count). The number of rotatable bonds is 6. The molecular formula is C9H17NO. The minimum Gasteiger partial charge on any atom is -0.310 e. The van der Waals surface area contributed by atoms with E-state index in [4.69, 9.17) is 0 Å². The molecule has 0 amide bonds. The summed E-state index contributed by atoms with van der Waals surface area (Å²) in [5.74, 6) is 0.228. The molecule has 0 aliphatic heterocycles. The SMILES string of the molecule is C=C(C)CC(=O)CNCCC. The number of nitrogens with one attached hydrogen (secondary N) is 1. The zero-order valence-corrected chi connectivity index (χ0v) is 7.44. The van der Waals surface area contributed by atoms with E-state index in [0.29, 0.717) is 13.0 Å². The first-order valence-electron chi connectivity index (χ1n) is 4.03. The van der Waals surface area contributed by atoms with Crippen molar-refractivity contribution in [1.29, 1.82) is 0 Å². The zero-order chi connectivity index (χ0) is 8.69. The topological polar surface area (TPSA) is 29.1 Å². The first-order chi connectivity index (χ1) is 5.16. The molecule has 0 aromatic rings. The Morgan fingerprint density at radius 3 is 2.64 bits per heavy atom. The lowest BCUT2D eigenvalue weighted by Gasteiger charge is -2.00. The van der Waals surface area contributed by atoms with Crippen LogP contribution in [0, 0.1) is 0 Å². The summed E-state index contributed by atoms with van der Waals surface area (Å²) in [5, 5.41) is 3.05. The highest BCUT2D eigenvalue weighted by Gasteiger charge is 1.99. The van der Waals surface area contributed by atoms with Gasteiger partial charge in [-0.1, -0.05) is 19.1 Å². The number of hydrogen-bond donors (Lipinski definition) is 1. The Labute approximate surface area is 68.7 Å². The van der Waals surface area contributed by atoms with Crippen LogP contribution >= 0.6 is 0 Å². The normalized spacial score (nSPS) is 9.64. The van der Waals surface area contributed by atoms with Crippen LogP contribution in [0.5, 0.6) is 0 Å². The van der Waals surface area contributed by atoms with Crippen molar-refractivity contribution < 1.29 is 4.79 Å². The summed E-state index contributed by atoms with van der Waals surface area (Å²) in [6, 6.07) is 0. The maximum Gasteiger partial charge on any atom is 0.150 e. The van der Waals surface area contributed by atoms with Gasteiger partial charge in [0, 0.05) is 6.42 Å². The minimum atomic E-state index is 0.228. The third-order valence-electron chi connectivity index (χ3n) is 1.25. The molecule has 0 aliphatic carbocycles. The lowest BCUT2D eigenvalue weighted by atomic mass is 10.2. The lowest BCUT2D eigenvalue weighted by Crippen LogP contribution is -2.23. The fraction of sp³-hybridized carbons (Fsp3) is 0.667. The van der Waals surface area contributed by atoms with Crippen molar-refractivity contribution in [3.05, 3.63) is 12.2 Å². The Hall–Kier alpha value is -0.630. The van der Waals surface area contributed by atoms with Crippen molar-refractivity contribution in [2.24, 2.45) is 0 Å². The number of carbonyl (C=O) groups is 1. The Morgan fingerprint density at radius 1 is 1.55 bits per heavy atom. The molecule has 0 bridgehead atoms. The van der Waals surface area contributed by atoms with Crippen molar-refractivity contribution in [1.82, 2.24) is 5.32 Å². The van der Waals surface area contributed by atoms with Crippen molar-refractivity contribution in [2.75, 3.05) is 13.1 Å². The smallest absolute Gasteiger partial charge is 0.150 e. The van der Waals surface area contributed by atoms with Crippen molar-refractivity contribution in [3.63, 3.8) is 0 Å². The van der Waals surface area contributed by atoms with Gasteiger partial charge in [0.1, 0.15) is 0 Å².